The molecule has 2 unspecified atom stereocenters. The van der Waals surface area contributed by atoms with Crippen LogP contribution in [-0.4, -0.2) is 44.0 Å². The maximum absolute atomic E-state index is 11.7. The predicted octanol–water partition coefficient (Wildman–Crippen LogP) is 4.07. The Hall–Kier alpha value is -1.49. The van der Waals surface area contributed by atoms with E-state index in [9.17, 15) is 9.90 Å². The first-order valence-corrected chi connectivity index (χ1v) is 10.1. The number of carbonyl (C=O) groups is 1. The molecule has 0 spiro atoms. The Balaban J connectivity index is 1.95. The third kappa shape index (κ3) is 5.50. The molecular weight excluding hydrogens is 325 g/mol. The lowest BCUT2D eigenvalue weighted by atomic mass is 9.63. The summed E-state index contributed by atoms with van der Waals surface area (Å²) in [5, 5.41) is 9.07. The number of likely N-dealkylation sites (tertiary alicyclic amines) is 1. The molecule has 1 saturated heterocycles. The van der Waals surface area contributed by atoms with Crippen LogP contribution >= 0.6 is 0 Å². The zero-order chi connectivity index (χ0) is 19.0. The Morgan fingerprint density at radius 2 is 1.96 bits per heavy atom. The molecule has 0 radical (unpaired) electrons. The first kappa shape index (κ1) is 20.8. The van der Waals surface area contributed by atoms with Gasteiger partial charge in [0.2, 0.25) is 0 Å². The Morgan fingerprint density at radius 3 is 2.58 bits per heavy atom. The average molecular weight is 359 g/mol. The Bertz CT molecular complexity index is 563. The van der Waals surface area contributed by atoms with Crippen molar-refractivity contribution in [3.05, 3.63) is 29.8 Å². The monoisotopic (exact) mass is 359 g/mol. The third-order valence-corrected chi connectivity index (χ3v) is 5.89. The normalized spacial score (nSPS) is 20.5. The number of nitrogens with zero attached hydrogens (tertiary/aromatic N) is 1. The van der Waals surface area contributed by atoms with Crippen LogP contribution in [0.3, 0.4) is 0 Å². The fourth-order valence-electron chi connectivity index (χ4n) is 4.04. The van der Waals surface area contributed by atoms with Gasteiger partial charge in [-0.25, -0.2) is 0 Å². The first-order chi connectivity index (χ1) is 12.5. The maximum Gasteiger partial charge on any atom is 0.301 e. The van der Waals surface area contributed by atoms with Crippen molar-refractivity contribution in [1.29, 1.82) is 0 Å². The second kappa shape index (κ2) is 10.0. The number of ether oxygens (including phenoxy) is 1. The standard InChI is InChI=1S/C21H34BNO3/c1-3-4-13-21(22,20(24)25)14-7-16-23-15-6-5-8-19(23)17-9-11-18(26-2)12-10-17/h9-12,19H,3-8,13-16,22H2,1-2H3,(H,24,25). The summed E-state index contributed by atoms with van der Waals surface area (Å²) in [6.07, 6.45) is 8.19. The highest BCUT2D eigenvalue weighted by atomic mass is 16.5. The van der Waals surface area contributed by atoms with Gasteiger partial charge < -0.3 is 9.84 Å². The highest BCUT2D eigenvalue weighted by molar-refractivity contribution is 6.26. The molecule has 1 N–H and O–H groups in total. The summed E-state index contributed by atoms with van der Waals surface area (Å²) >= 11 is 0. The molecule has 1 aliphatic heterocycles. The van der Waals surface area contributed by atoms with Crippen LogP contribution in [0.25, 0.3) is 0 Å². The summed E-state index contributed by atoms with van der Waals surface area (Å²) in [5.74, 6) is 0.251. The van der Waals surface area contributed by atoms with Crippen LogP contribution < -0.4 is 4.74 Å². The second-order valence-corrected chi connectivity index (χ2v) is 7.89. The fraction of sp³-hybridized carbons (Fsp3) is 0.667. The number of methoxy groups -OCH3 is 1. The number of carboxylic acid groups (broad SMARTS) is 1. The molecule has 2 atom stereocenters. The third-order valence-electron chi connectivity index (χ3n) is 5.89. The molecule has 1 aliphatic rings. The number of hydrogen-bond donors (Lipinski definition) is 1. The number of carboxylic acids is 1. The molecule has 1 heterocycles. The van der Waals surface area contributed by atoms with Crippen LogP contribution in [0.2, 0.25) is 5.31 Å². The van der Waals surface area contributed by atoms with E-state index >= 15 is 0 Å². The molecule has 5 heteroatoms. The van der Waals surface area contributed by atoms with Crippen molar-refractivity contribution in [2.24, 2.45) is 0 Å². The van der Waals surface area contributed by atoms with E-state index in [4.69, 9.17) is 4.74 Å². The molecule has 4 nitrogen and oxygen atoms in total. The van der Waals surface area contributed by atoms with Crippen LogP contribution in [0.15, 0.2) is 24.3 Å². The van der Waals surface area contributed by atoms with Crippen LogP contribution in [-0.2, 0) is 4.79 Å². The number of hydrogen-bond acceptors (Lipinski definition) is 3. The lowest BCUT2D eigenvalue weighted by Gasteiger charge is -2.37. The zero-order valence-corrected chi connectivity index (χ0v) is 16.7. The molecule has 1 fully saturated rings. The van der Waals surface area contributed by atoms with Gasteiger partial charge in [0, 0.05) is 11.4 Å². The van der Waals surface area contributed by atoms with E-state index < -0.39 is 11.3 Å². The van der Waals surface area contributed by atoms with E-state index in [1.165, 1.54) is 24.8 Å². The van der Waals surface area contributed by atoms with E-state index in [2.05, 4.69) is 24.0 Å². The van der Waals surface area contributed by atoms with Crippen molar-refractivity contribution in [3.8, 4) is 5.75 Å². The summed E-state index contributed by atoms with van der Waals surface area (Å²) in [6.45, 7) is 4.20. The SMILES string of the molecule is BC(CCCC)(CCCN1CCCCC1c1ccc(OC)cc1)C(=O)O. The van der Waals surface area contributed by atoms with E-state index in [-0.39, 0.29) is 0 Å². The molecule has 2 rings (SSSR count). The summed E-state index contributed by atoms with van der Waals surface area (Å²) in [5.41, 5.74) is 1.34. The molecule has 0 saturated carbocycles. The molecule has 26 heavy (non-hydrogen) atoms. The second-order valence-electron chi connectivity index (χ2n) is 7.89. The minimum atomic E-state index is -0.642. The molecule has 144 valence electrons. The van der Waals surface area contributed by atoms with E-state index in [1.54, 1.807) is 7.11 Å². The minimum Gasteiger partial charge on any atom is -0.497 e. The minimum absolute atomic E-state index is 0.446. The molecule has 1 aromatic rings. The van der Waals surface area contributed by atoms with Gasteiger partial charge in [-0.1, -0.05) is 38.3 Å². The number of piperidine rings is 1. The molecule has 0 amide bonds. The molecule has 0 bridgehead atoms. The zero-order valence-electron chi connectivity index (χ0n) is 16.7. The van der Waals surface area contributed by atoms with Crippen LogP contribution in [0.5, 0.6) is 5.75 Å². The van der Waals surface area contributed by atoms with E-state index in [1.807, 2.05) is 20.0 Å². The van der Waals surface area contributed by atoms with Crippen molar-refractivity contribution in [2.45, 2.75) is 69.6 Å². The van der Waals surface area contributed by atoms with Crippen LogP contribution in [0.1, 0.15) is 69.9 Å². The van der Waals surface area contributed by atoms with Gasteiger partial charge in [-0.05, 0) is 62.9 Å². The lowest BCUT2D eigenvalue weighted by Crippen LogP contribution is -2.35. The first-order valence-electron chi connectivity index (χ1n) is 10.1. The van der Waals surface area contributed by atoms with E-state index in [0.29, 0.717) is 6.04 Å². The Labute approximate surface area is 159 Å². The number of benzene rings is 1. The van der Waals surface area contributed by atoms with Crippen molar-refractivity contribution < 1.29 is 14.6 Å². The Kier molecular flexibility index (Phi) is 8.01. The summed E-state index contributed by atoms with van der Waals surface area (Å²) in [6, 6.07) is 8.86. The van der Waals surface area contributed by atoms with Gasteiger partial charge >= 0.3 is 5.97 Å². The van der Waals surface area contributed by atoms with Crippen LogP contribution in [0.4, 0.5) is 0 Å². The lowest BCUT2D eigenvalue weighted by molar-refractivity contribution is -0.141. The van der Waals surface area contributed by atoms with Crippen molar-refractivity contribution in [3.63, 3.8) is 0 Å². The Morgan fingerprint density at radius 1 is 1.27 bits per heavy atom. The number of aliphatic carboxylic acids is 1. The number of rotatable bonds is 10. The highest BCUT2D eigenvalue weighted by Crippen LogP contribution is 2.36. The van der Waals surface area contributed by atoms with E-state index in [0.717, 1.165) is 50.9 Å². The quantitative estimate of drug-likeness (QED) is 0.640. The van der Waals surface area contributed by atoms with Gasteiger partial charge in [-0.3, -0.25) is 9.69 Å². The molecule has 1 aromatic carbocycles. The van der Waals surface area contributed by atoms with Gasteiger partial charge in [-0.2, -0.15) is 0 Å². The topological polar surface area (TPSA) is 49.8 Å². The van der Waals surface area contributed by atoms with Gasteiger partial charge in [0.25, 0.3) is 0 Å². The van der Waals surface area contributed by atoms with Gasteiger partial charge in [-0.15, -0.1) is 0 Å². The molecule has 0 aliphatic carbocycles. The summed E-state index contributed by atoms with van der Waals surface area (Å²) < 4.78 is 5.27. The van der Waals surface area contributed by atoms with Crippen molar-refractivity contribution >= 4 is 13.8 Å². The van der Waals surface area contributed by atoms with Gasteiger partial charge in [0.05, 0.1) is 7.11 Å². The maximum atomic E-state index is 11.7. The summed E-state index contributed by atoms with van der Waals surface area (Å²) in [7, 11) is 3.61. The predicted molar refractivity (Wildman–Crippen MR) is 109 cm³/mol. The van der Waals surface area contributed by atoms with Gasteiger partial charge in [0.1, 0.15) is 13.6 Å². The molecule has 0 aromatic heterocycles. The van der Waals surface area contributed by atoms with Crippen molar-refractivity contribution in [1.82, 2.24) is 4.90 Å². The largest absolute Gasteiger partial charge is 0.497 e. The highest BCUT2D eigenvalue weighted by Gasteiger charge is 2.32. The fourth-order valence-corrected chi connectivity index (χ4v) is 4.04. The smallest absolute Gasteiger partial charge is 0.301 e. The average Bonchev–Trinajstić information content (AvgIpc) is 2.67. The molecular formula is C21H34BNO3. The van der Waals surface area contributed by atoms with Crippen molar-refractivity contribution in [2.75, 3.05) is 20.2 Å². The van der Waals surface area contributed by atoms with Crippen LogP contribution in [0, 0.1) is 0 Å². The number of unbranched alkanes of at least 4 members (excludes halogenated alkanes) is 1. The summed E-state index contributed by atoms with van der Waals surface area (Å²) in [4.78, 5) is 14.3. The van der Waals surface area contributed by atoms with Gasteiger partial charge in [0.15, 0.2) is 0 Å².